The van der Waals surface area contributed by atoms with Crippen LogP contribution in [0.15, 0.2) is 11.3 Å². The van der Waals surface area contributed by atoms with Gasteiger partial charge in [-0.1, -0.05) is 39.8 Å². The zero-order valence-electron chi connectivity index (χ0n) is 11.5. The molecule has 3 heteroatoms. The van der Waals surface area contributed by atoms with E-state index in [0.29, 0.717) is 11.8 Å². The Morgan fingerprint density at radius 2 is 1.75 bits per heavy atom. The fourth-order valence-corrected chi connectivity index (χ4v) is 3.20. The highest BCUT2D eigenvalue weighted by atomic mass is 28.2. The van der Waals surface area contributed by atoms with Gasteiger partial charge in [-0.05, 0) is 25.7 Å². The summed E-state index contributed by atoms with van der Waals surface area (Å²) in [5.41, 5.74) is 0. The molecule has 0 aromatic carbocycles. The van der Waals surface area contributed by atoms with Crippen molar-refractivity contribution in [3.05, 3.63) is 11.3 Å². The minimum atomic E-state index is -0.469. The smallest absolute Gasteiger partial charge is 0.329 e. The van der Waals surface area contributed by atoms with E-state index in [9.17, 15) is 4.79 Å². The quantitative estimate of drug-likeness (QED) is 0.407. The third-order valence-electron chi connectivity index (χ3n) is 2.13. The summed E-state index contributed by atoms with van der Waals surface area (Å²) >= 11 is 0. The van der Waals surface area contributed by atoms with E-state index in [1.54, 1.807) is 0 Å². The summed E-state index contributed by atoms with van der Waals surface area (Å²) < 4.78 is 5.27. The predicted molar refractivity (Wildman–Crippen MR) is 72.3 cm³/mol. The molecule has 0 bridgehead atoms. The Labute approximate surface area is 102 Å². The molecule has 0 aliphatic carbocycles. The molecule has 0 radical (unpaired) electrons. The average Bonchev–Trinajstić information content (AvgIpc) is 2.09. The van der Waals surface area contributed by atoms with Gasteiger partial charge < -0.3 is 4.74 Å². The van der Waals surface area contributed by atoms with Crippen LogP contribution < -0.4 is 0 Å². The highest BCUT2D eigenvalue weighted by Gasteiger charge is 2.13. The van der Waals surface area contributed by atoms with Gasteiger partial charge >= 0.3 is 5.97 Å². The van der Waals surface area contributed by atoms with Gasteiger partial charge in [-0.15, -0.1) is 0 Å². The van der Waals surface area contributed by atoms with Gasteiger partial charge in [0.2, 0.25) is 0 Å². The SMILES string of the molecule is CC(C)C=C([SiH2]CC(C)C)C(=O)OC(C)C. The maximum Gasteiger partial charge on any atom is 0.329 e. The monoisotopic (exact) mass is 242 g/mol. The first kappa shape index (κ1) is 15.4. The van der Waals surface area contributed by atoms with Crippen molar-refractivity contribution in [3.63, 3.8) is 0 Å². The summed E-state index contributed by atoms with van der Waals surface area (Å²) in [6, 6.07) is 1.17. The molecule has 0 saturated heterocycles. The van der Waals surface area contributed by atoms with Gasteiger partial charge in [-0.3, -0.25) is 0 Å². The molecule has 0 heterocycles. The van der Waals surface area contributed by atoms with Gasteiger partial charge in [-0.25, -0.2) is 4.79 Å². The Bertz CT molecular complexity index is 242. The normalized spacial score (nSPS) is 13.4. The second-order valence-electron chi connectivity index (χ2n) is 5.32. The molecule has 0 saturated carbocycles. The highest BCUT2D eigenvalue weighted by molar-refractivity contribution is 6.53. The first-order valence-electron chi connectivity index (χ1n) is 6.24. The molecule has 0 amide bonds. The van der Waals surface area contributed by atoms with Gasteiger partial charge in [0.05, 0.1) is 15.6 Å². The second-order valence-corrected chi connectivity index (χ2v) is 7.16. The molecule has 0 unspecified atom stereocenters. The van der Waals surface area contributed by atoms with Crippen molar-refractivity contribution in [2.24, 2.45) is 11.8 Å². The summed E-state index contributed by atoms with van der Waals surface area (Å²) in [5, 5.41) is 0.970. The van der Waals surface area contributed by atoms with Crippen molar-refractivity contribution in [3.8, 4) is 0 Å². The Balaban J connectivity index is 4.48. The van der Waals surface area contributed by atoms with Gasteiger partial charge in [0.25, 0.3) is 0 Å². The standard InChI is InChI=1S/C13H26O2Si/c1-9(2)7-12(16-8-10(3)4)13(14)15-11(5)6/h7,9-11H,8,16H2,1-6H3. The molecule has 0 atom stereocenters. The van der Waals surface area contributed by atoms with E-state index in [0.717, 1.165) is 5.20 Å². The lowest BCUT2D eigenvalue weighted by molar-refractivity contribution is -0.141. The Morgan fingerprint density at radius 1 is 1.19 bits per heavy atom. The first-order chi connectivity index (χ1) is 7.32. The summed E-state index contributed by atoms with van der Waals surface area (Å²) in [5.74, 6) is 1.01. The summed E-state index contributed by atoms with van der Waals surface area (Å²) in [4.78, 5) is 11.8. The molecule has 0 fully saturated rings. The molecule has 0 aromatic rings. The molecular formula is C13H26O2Si. The summed E-state index contributed by atoms with van der Waals surface area (Å²) in [6.45, 7) is 12.4. The molecule has 0 aliphatic heterocycles. The Kier molecular flexibility index (Phi) is 7.39. The topological polar surface area (TPSA) is 26.3 Å². The van der Waals surface area contributed by atoms with E-state index < -0.39 is 9.52 Å². The van der Waals surface area contributed by atoms with Gasteiger partial charge in [-0.2, -0.15) is 0 Å². The van der Waals surface area contributed by atoms with E-state index in [1.165, 1.54) is 6.04 Å². The number of hydrogen-bond acceptors (Lipinski definition) is 2. The van der Waals surface area contributed by atoms with Crippen molar-refractivity contribution in [2.75, 3.05) is 0 Å². The number of rotatable bonds is 6. The number of esters is 1. The molecule has 0 spiro atoms. The zero-order valence-corrected chi connectivity index (χ0v) is 13.0. The zero-order chi connectivity index (χ0) is 12.7. The lowest BCUT2D eigenvalue weighted by atomic mass is 10.2. The maximum atomic E-state index is 11.8. The van der Waals surface area contributed by atoms with E-state index in [-0.39, 0.29) is 12.1 Å². The van der Waals surface area contributed by atoms with Crippen LogP contribution in [0.1, 0.15) is 41.5 Å². The van der Waals surface area contributed by atoms with Crippen LogP contribution in [0.4, 0.5) is 0 Å². The van der Waals surface area contributed by atoms with Crippen molar-refractivity contribution >= 4 is 15.5 Å². The Morgan fingerprint density at radius 3 is 2.12 bits per heavy atom. The van der Waals surface area contributed by atoms with Crippen LogP contribution in [0.2, 0.25) is 6.04 Å². The van der Waals surface area contributed by atoms with E-state index >= 15 is 0 Å². The van der Waals surface area contributed by atoms with Crippen LogP contribution in [-0.4, -0.2) is 21.6 Å². The molecule has 2 nitrogen and oxygen atoms in total. The Hall–Kier alpha value is -0.573. The van der Waals surface area contributed by atoms with Crippen LogP contribution in [0.3, 0.4) is 0 Å². The molecule has 94 valence electrons. The van der Waals surface area contributed by atoms with Crippen LogP contribution in [0, 0.1) is 11.8 Å². The minimum Gasteiger partial charge on any atom is -0.460 e. The van der Waals surface area contributed by atoms with Crippen LogP contribution in [0.25, 0.3) is 0 Å². The summed E-state index contributed by atoms with van der Waals surface area (Å²) in [7, 11) is -0.469. The van der Waals surface area contributed by atoms with Crippen LogP contribution in [0.5, 0.6) is 0 Å². The van der Waals surface area contributed by atoms with Gasteiger partial charge in [0.15, 0.2) is 0 Å². The molecule has 0 aliphatic rings. The second kappa shape index (κ2) is 7.66. The van der Waals surface area contributed by atoms with Crippen molar-refractivity contribution in [2.45, 2.75) is 53.7 Å². The molecule has 0 rings (SSSR count). The van der Waals surface area contributed by atoms with Crippen molar-refractivity contribution in [1.29, 1.82) is 0 Å². The highest BCUT2D eigenvalue weighted by Crippen LogP contribution is 2.10. The molecule has 16 heavy (non-hydrogen) atoms. The number of carbonyl (C=O) groups is 1. The number of ether oxygens (including phenoxy) is 1. The minimum absolute atomic E-state index is 0.0175. The van der Waals surface area contributed by atoms with Crippen molar-refractivity contribution in [1.82, 2.24) is 0 Å². The first-order valence-corrected chi connectivity index (χ1v) is 7.95. The predicted octanol–water partition coefficient (Wildman–Crippen LogP) is 2.72. The largest absolute Gasteiger partial charge is 0.460 e. The van der Waals surface area contributed by atoms with Crippen LogP contribution >= 0.6 is 0 Å². The lowest BCUT2D eigenvalue weighted by Crippen LogP contribution is -2.18. The number of hydrogen-bond donors (Lipinski definition) is 0. The molecule has 0 aromatic heterocycles. The lowest BCUT2D eigenvalue weighted by Gasteiger charge is -2.12. The van der Waals surface area contributed by atoms with Gasteiger partial charge in [0.1, 0.15) is 0 Å². The molecular weight excluding hydrogens is 216 g/mol. The molecule has 0 N–H and O–H groups in total. The number of allylic oxidation sites excluding steroid dienone is 1. The average molecular weight is 242 g/mol. The van der Waals surface area contributed by atoms with E-state index in [1.807, 2.05) is 13.8 Å². The van der Waals surface area contributed by atoms with Gasteiger partial charge in [0, 0.05) is 5.20 Å². The fourth-order valence-electron chi connectivity index (χ4n) is 1.39. The number of carbonyl (C=O) groups excluding carboxylic acids is 1. The summed E-state index contributed by atoms with van der Waals surface area (Å²) in [6.07, 6.45) is 2.07. The third-order valence-corrected chi connectivity index (χ3v) is 4.64. The maximum absolute atomic E-state index is 11.8. The van der Waals surface area contributed by atoms with Crippen LogP contribution in [-0.2, 0) is 9.53 Å². The van der Waals surface area contributed by atoms with E-state index in [2.05, 4.69) is 33.8 Å². The van der Waals surface area contributed by atoms with E-state index in [4.69, 9.17) is 4.74 Å². The van der Waals surface area contributed by atoms with Crippen molar-refractivity contribution < 1.29 is 9.53 Å². The third kappa shape index (κ3) is 7.68. The fraction of sp³-hybridized carbons (Fsp3) is 0.769.